The van der Waals surface area contributed by atoms with Crippen LogP contribution in [0.3, 0.4) is 0 Å². The molecule has 0 radical (unpaired) electrons. The number of hydrogen-bond donors (Lipinski definition) is 0. The van der Waals surface area contributed by atoms with Crippen LogP contribution in [0.2, 0.25) is 0 Å². The van der Waals surface area contributed by atoms with E-state index in [0.717, 1.165) is 0 Å². The van der Waals surface area contributed by atoms with Gasteiger partial charge in [-0.15, -0.1) is 0 Å². The molecule has 0 saturated carbocycles. The summed E-state index contributed by atoms with van der Waals surface area (Å²) in [4.78, 5) is 0. The zero-order valence-corrected chi connectivity index (χ0v) is 7.53. The van der Waals surface area contributed by atoms with Crippen molar-refractivity contribution in [2.75, 3.05) is 0 Å². The van der Waals surface area contributed by atoms with Gasteiger partial charge in [-0.3, -0.25) is 0 Å². The van der Waals surface area contributed by atoms with Crippen LogP contribution in [0.5, 0.6) is 0 Å². The fourth-order valence-electron chi connectivity index (χ4n) is 0.943. The summed E-state index contributed by atoms with van der Waals surface area (Å²) in [5, 5.41) is 6.29. The second-order valence-corrected chi connectivity index (χ2v) is 4.95. The van der Waals surface area contributed by atoms with Crippen LogP contribution in [0.25, 0.3) is 0 Å². The van der Waals surface area contributed by atoms with E-state index in [1.54, 1.807) is 0 Å². The monoisotopic (exact) mass is 194 g/mol. The topological polar surface area (TPSA) is 15.6 Å². The Morgan fingerprint density at radius 1 is 1.50 bits per heavy atom. The van der Waals surface area contributed by atoms with E-state index >= 15 is 0 Å². The normalized spacial score (nSPS) is 22.3. The Hall–Kier alpha value is -0.622. The number of fused-ring (bicyclic) bond motifs is 1. The van der Waals surface area contributed by atoms with Gasteiger partial charge in [-0.25, -0.2) is 0 Å². The van der Waals surface area contributed by atoms with Gasteiger partial charge in [0.2, 0.25) is 0 Å². The summed E-state index contributed by atoms with van der Waals surface area (Å²) in [6.07, 6.45) is 8.21. The van der Waals surface area contributed by atoms with Gasteiger partial charge < -0.3 is 0 Å². The van der Waals surface area contributed by atoms with Gasteiger partial charge in [-0.2, -0.15) is 0 Å². The van der Waals surface area contributed by atoms with E-state index in [2.05, 4.69) is 24.2 Å². The van der Waals surface area contributed by atoms with Crippen molar-refractivity contribution in [2.24, 2.45) is 5.10 Å². The molecule has 0 aromatic carbocycles. The van der Waals surface area contributed by atoms with Gasteiger partial charge in [0.15, 0.2) is 0 Å². The van der Waals surface area contributed by atoms with E-state index in [4.69, 9.17) is 0 Å². The number of nitrogens with zero attached hydrogens (tertiary/aromatic N) is 2. The third-order valence-electron chi connectivity index (χ3n) is 1.35. The van der Waals surface area contributed by atoms with Gasteiger partial charge in [0.1, 0.15) is 0 Å². The number of hydrogen-bond acceptors (Lipinski definition) is 2. The quantitative estimate of drug-likeness (QED) is 0.514. The van der Waals surface area contributed by atoms with Gasteiger partial charge in [-0.1, -0.05) is 0 Å². The molecule has 10 heavy (non-hydrogen) atoms. The maximum atomic E-state index is 4.33. The molecule has 3 heteroatoms. The van der Waals surface area contributed by atoms with Crippen LogP contribution in [0.1, 0.15) is 6.92 Å². The van der Waals surface area contributed by atoms with Crippen molar-refractivity contribution in [3.63, 3.8) is 0 Å². The minimum absolute atomic E-state index is 0.210. The number of hydrazone groups is 1. The summed E-state index contributed by atoms with van der Waals surface area (Å²) in [5.74, 6) is 0. The van der Waals surface area contributed by atoms with Crippen molar-refractivity contribution in [3.05, 3.63) is 24.4 Å². The Kier molecular flexibility index (Phi) is 1.35. The first kappa shape index (κ1) is 6.11. The minimum atomic E-state index is 0.210. The maximum absolute atomic E-state index is 4.33. The molecule has 0 unspecified atom stereocenters. The van der Waals surface area contributed by atoms with Gasteiger partial charge in [0.25, 0.3) is 0 Å². The van der Waals surface area contributed by atoms with Gasteiger partial charge in [-0.05, 0) is 0 Å². The van der Waals surface area contributed by atoms with Crippen molar-refractivity contribution < 1.29 is 0 Å². The molecule has 50 valence electrons. The standard InChI is InChI=1S/C7H7AsN2/c1-6-8-7-4-2-3-5-10(7)9-6/h2-5H,1H3. The van der Waals surface area contributed by atoms with Crippen LogP contribution in [0.15, 0.2) is 29.5 Å². The van der Waals surface area contributed by atoms with E-state index in [9.17, 15) is 0 Å². The molecule has 0 aliphatic carbocycles. The third kappa shape index (κ3) is 0.889. The molecular weight excluding hydrogens is 187 g/mol. The molecule has 2 aliphatic rings. The van der Waals surface area contributed by atoms with Crippen molar-refractivity contribution in [3.8, 4) is 0 Å². The van der Waals surface area contributed by atoms with E-state index in [1.165, 1.54) is 8.93 Å². The zero-order chi connectivity index (χ0) is 6.97. The van der Waals surface area contributed by atoms with Crippen LogP contribution in [0, 0.1) is 0 Å². The van der Waals surface area contributed by atoms with Crippen molar-refractivity contribution in [1.82, 2.24) is 5.01 Å². The molecule has 0 amide bonds. The van der Waals surface area contributed by atoms with E-state index in [-0.39, 0.29) is 15.3 Å². The molecule has 2 aliphatic heterocycles. The molecular formula is C7H7AsN2. The van der Waals surface area contributed by atoms with Crippen molar-refractivity contribution in [1.29, 1.82) is 0 Å². The van der Waals surface area contributed by atoms with Gasteiger partial charge in [0.05, 0.1) is 0 Å². The third-order valence-corrected chi connectivity index (χ3v) is 3.44. The van der Waals surface area contributed by atoms with E-state index < -0.39 is 0 Å². The molecule has 0 saturated heterocycles. The predicted molar refractivity (Wildman–Crippen MR) is 44.0 cm³/mol. The molecule has 0 aromatic rings. The first-order chi connectivity index (χ1) is 4.86. The number of allylic oxidation sites excluding steroid dienone is 2. The predicted octanol–water partition coefficient (Wildman–Crippen LogP) is 0.553. The van der Waals surface area contributed by atoms with Crippen LogP contribution >= 0.6 is 0 Å². The van der Waals surface area contributed by atoms with Gasteiger partial charge >= 0.3 is 65.7 Å². The average Bonchev–Trinajstić information content (AvgIpc) is 2.27. The Bertz CT molecular complexity index is 273. The van der Waals surface area contributed by atoms with E-state index in [0.29, 0.717) is 0 Å². The summed E-state index contributed by atoms with van der Waals surface area (Å²) in [5.41, 5.74) is 0. The van der Waals surface area contributed by atoms with Crippen molar-refractivity contribution in [2.45, 2.75) is 6.92 Å². The van der Waals surface area contributed by atoms with E-state index in [1.807, 2.05) is 17.3 Å². The van der Waals surface area contributed by atoms with Crippen LogP contribution in [-0.4, -0.2) is 29.2 Å². The summed E-state index contributed by atoms with van der Waals surface area (Å²) >= 11 is 0.210. The molecule has 2 rings (SSSR count). The molecule has 0 N–H and O–H groups in total. The Morgan fingerprint density at radius 3 is 3.20 bits per heavy atom. The molecule has 0 aromatic heterocycles. The number of rotatable bonds is 0. The molecule has 2 heterocycles. The van der Waals surface area contributed by atoms with Gasteiger partial charge in [0, 0.05) is 0 Å². The first-order valence-corrected chi connectivity index (χ1v) is 5.02. The van der Waals surface area contributed by atoms with Crippen molar-refractivity contribution >= 4 is 24.2 Å². The zero-order valence-electron chi connectivity index (χ0n) is 5.65. The van der Waals surface area contributed by atoms with Crippen LogP contribution in [-0.2, 0) is 0 Å². The first-order valence-electron chi connectivity index (χ1n) is 3.14. The summed E-state index contributed by atoms with van der Waals surface area (Å²) in [6, 6.07) is 0. The Labute approximate surface area is 66.1 Å². The van der Waals surface area contributed by atoms with Crippen LogP contribution < -0.4 is 0 Å². The second kappa shape index (κ2) is 2.21. The summed E-state index contributed by atoms with van der Waals surface area (Å²) in [7, 11) is 0. The molecule has 0 atom stereocenters. The SMILES string of the molecule is CC1=NN2C=CC=CC2=[As]1. The molecule has 0 fully saturated rings. The Balaban J connectivity index is 2.40. The molecule has 0 spiro atoms. The fraction of sp³-hybridized carbons (Fsp3) is 0.143. The summed E-state index contributed by atoms with van der Waals surface area (Å²) < 4.78 is 2.65. The molecule has 0 bridgehead atoms. The average molecular weight is 194 g/mol. The Morgan fingerprint density at radius 2 is 2.40 bits per heavy atom. The summed E-state index contributed by atoms with van der Waals surface area (Å²) in [6.45, 7) is 2.09. The van der Waals surface area contributed by atoms with Crippen LogP contribution in [0.4, 0.5) is 0 Å². The fourth-order valence-corrected chi connectivity index (χ4v) is 2.72. The molecule has 2 nitrogen and oxygen atoms in total. The second-order valence-electron chi connectivity index (χ2n) is 2.16.